The van der Waals surface area contributed by atoms with Crippen LogP contribution in [0.3, 0.4) is 0 Å². The number of hydrogen-bond acceptors (Lipinski definition) is 4. The number of amides is 1. The molecule has 108 valence electrons. The van der Waals surface area contributed by atoms with E-state index in [0.29, 0.717) is 13.0 Å². The van der Waals surface area contributed by atoms with Gasteiger partial charge in [-0.2, -0.15) is 0 Å². The number of carbonyl (C=O) groups excluding carboxylic acids is 2. The van der Waals surface area contributed by atoms with Gasteiger partial charge in [0.05, 0.1) is 5.69 Å². The van der Waals surface area contributed by atoms with Crippen molar-refractivity contribution < 1.29 is 23.5 Å². The summed E-state index contributed by atoms with van der Waals surface area (Å²) >= 11 is 5.69. The first-order chi connectivity index (χ1) is 9.56. The fourth-order valence-electron chi connectivity index (χ4n) is 1.77. The van der Waals surface area contributed by atoms with Crippen LogP contribution in [0.2, 0.25) is 5.02 Å². The molecule has 0 saturated carbocycles. The zero-order chi connectivity index (χ0) is 14.5. The predicted molar refractivity (Wildman–Crippen MR) is 70.0 cm³/mol. The monoisotopic (exact) mass is 301 g/mol. The molecule has 1 fully saturated rings. The van der Waals surface area contributed by atoms with Gasteiger partial charge in [0.1, 0.15) is 5.82 Å². The van der Waals surface area contributed by atoms with E-state index in [0.717, 1.165) is 12.5 Å². The van der Waals surface area contributed by atoms with Crippen LogP contribution in [-0.4, -0.2) is 31.2 Å². The molecule has 0 aliphatic carbocycles. The van der Waals surface area contributed by atoms with Crippen molar-refractivity contribution in [3.05, 3.63) is 29.0 Å². The molecule has 1 aliphatic heterocycles. The summed E-state index contributed by atoms with van der Waals surface area (Å²) in [5.41, 5.74) is -0.0596. The van der Waals surface area contributed by atoms with Gasteiger partial charge in [-0.1, -0.05) is 11.6 Å². The number of benzene rings is 1. The molecule has 1 amide bonds. The van der Waals surface area contributed by atoms with Gasteiger partial charge >= 0.3 is 5.97 Å². The highest BCUT2D eigenvalue weighted by Gasteiger charge is 2.25. The number of esters is 1. The van der Waals surface area contributed by atoms with Crippen molar-refractivity contribution in [1.29, 1.82) is 0 Å². The number of ether oxygens (including phenoxy) is 2. The Labute approximate surface area is 120 Å². The Hall–Kier alpha value is -1.66. The summed E-state index contributed by atoms with van der Waals surface area (Å²) in [6.45, 7) is 0.0182. The lowest BCUT2D eigenvalue weighted by molar-refractivity contribution is -0.156. The van der Waals surface area contributed by atoms with Crippen molar-refractivity contribution in [3.8, 4) is 0 Å². The van der Waals surface area contributed by atoms with E-state index < -0.39 is 30.4 Å². The number of hydrogen-bond donors (Lipinski definition) is 1. The number of carbonyl (C=O) groups is 2. The van der Waals surface area contributed by atoms with Crippen LogP contribution >= 0.6 is 11.6 Å². The fourth-order valence-corrected chi connectivity index (χ4v) is 1.94. The molecule has 1 atom stereocenters. The van der Waals surface area contributed by atoms with Gasteiger partial charge in [0.15, 0.2) is 12.7 Å². The van der Waals surface area contributed by atoms with E-state index in [2.05, 4.69) is 5.32 Å². The van der Waals surface area contributed by atoms with Crippen molar-refractivity contribution in [1.82, 2.24) is 0 Å². The number of anilines is 1. The Morgan fingerprint density at radius 2 is 2.30 bits per heavy atom. The summed E-state index contributed by atoms with van der Waals surface area (Å²) in [5, 5.41) is 2.57. The highest BCUT2D eigenvalue weighted by atomic mass is 35.5. The summed E-state index contributed by atoms with van der Waals surface area (Å²) in [4.78, 5) is 23.1. The average molecular weight is 302 g/mol. The van der Waals surface area contributed by atoms with Crippen molar-refractivity contribution in [3.63, 3.8) is 0 Å². The third-order valence-corrected chi connectivity index (χ3v) is 2.98. The zero-order valence-electron chi connectivity index (χ0n) is 10.5. The van der Waals surface area contributed by atoms with Crippen LogP contribution in [0.15, 0.2) is 18.2 Å². The maximum absolute atomic E-state index is 13.4. The summed E-state index contributed by atoms with van der Waals surface area (Å²) < 4.78 is 23.3. The van der Waals surface area contributed by atoms with Gasteiger partial charge in [0.25, 0.3) is 5.91 Å². The third kappa shape index (κ3) is 3.91. The Balaban J connectivity index is 1.83. The predicted octanol–water partition coefficient (Wildman–Crippen LogP) is 2.14. The third-order valence-electron chi connectivity index (χ3n) is 2.74. The molecule has 5 nitrogen and oxygen atoms in total. The van der Waals surface area contributed by atoms with Crippen LogP contribution in [0.1, 0.15) is 12.8 Å². The molecule has 1 aliphatic rings. The van der Waals surface area contributed by atoms with Gasteiger partial charge in [0, 0.05) is 11.6 Å². The van der Waals surface area contributed by atoms with Crippen molar-refractivity contribution in [2.24, 2.45) is 0 Å². The van der Waals surface area contributed by atoms with E-state index in [-0.39, 0.29) is 10.7 Å². The lowest BCUT2D eigenvalue weighted by Crippen LogP contribution is -2.27. The quantitative estimate of drug-likeness (QED) is 0.865. The standard InChI is InChI=1S/C13H13ClFNO4/c14-8-3-4-9(15)10(6-8)16-12(17)7-20-13(18)11-2-1-5-19-11/h3-4,6,11H,1-2,5,7H2,(H,16,17)/t11-/m1/s1. The van der Waals surface area contributed by atoms with Gasteiger partial charge in [0.2, 0.25) is 0 Å². The van der Waals surface area contributed by atoms with E-state index in [1.807, 2.05) is 0 Å². The summed E-state index contributed by atoms with van der Waals surface area (Å²) in [6, 6.07) is 3.77. The lowest BCUT2D eigenvalue weighted by atomic mass is 10.2. The molecule has 0 unspecified atom stereocenters. The second kappa shape index (κ2) is 6.67. The van der Waals surface area contributed by atoms with Gasteiger partial charge in [-0.05, 0) is 31.0 Å². The molecule has 0 spiro atoms. The molecule has 1 aromatic rings. The molecule has 20 heavy (non-hydrogen) atoms. The Morgan fingerprint density at radius 1 is 1.50 bits per heavy atom. The first-order valence-electron chi connectivity index (χ1n) is 6.09. The van der Waals surface area contributed by atoms with Crippen molar-refractivity contribution in [2.45, 2.75) is 18.9 Å². The molecule has 1 N–H and O–H groups in total. The van der Waals surface area contributed by atoms with Gasteiger partial charge in [-0.3, -0.25) is 4.79 Å². The van der Waals surface area contributed by atoms with Crippen molar-refractivity contribution >= 4 is 29.2 Å². The van der Waals surface area contributed by atoms with E-state index in [1.54, 1.807) is 0 Å². The minimum absolute atomic E-state index is 0.0596. The minimum atomic E-state index is -0.641. The molecule has 0 radical (unpaired) electrons. The fraction of sp³-hybridized carbons (Fsp3) is 0.385. The zero-order valence-corrected chi connectivity index (χ0v) is 11.3. The van der Waals surface area contributed by atoms with Crippen LogP contribution in [0.5, 0.6) is 0 Å². The largest absolute Gasteiger partial charge is 0.454 e. The molecule has 1 heterocycles. The van der Waals surface area contributed by atoms with Crippen LogP contribution in [0.4, 0.5) is 10.1 Å². The second-order valence-electron chi connectivity index (χ2n) is 4.28. The van der Waals surface area contributed by atoms with Gasteiger partial charge in [-0.25, -0.2) is 9.18 Å². The molecular weight excluding hydrogens is 289 g/mol. The first kappa shape index (κ1) is 14.7. The average Bonchev–Trinajstić information content (AvgIpc) is 2.94. The second-order valence-corrected chi connectivity index (χ2v) is 4.72. The van der Waals surface area contributed by atoms with E-state index in [4.69, 9.17) is 21.1 Å². The molecule has 0 aromatic heterocycles. The highest BCUT2D eigenvalue weighted by molar-refractivity contribution is 6.30. The number of nitrogens with one attached hydrogen (secondary N) is 1. The molecule has 7 heteroatoms. The maximum atomic E-state index is 13.4. The van der Waals surface area contributed by atoms with E-state index in [1.165, 1.54) is 12.1 Å². The SMILES string of the molecule is O=C(COC(=O)[C@H]1CCCO1)Nc1cc(Cl)ccc1F. The van der Waals surface area contributed by atoms with Crippen molar-refractivity contribution in [2.75, 3.05) is 18.5 Å². The summed E-state index contributed by atoms with van der Waals surface area (Å²) in [5.74, 6) is -1.84. The van der Waals surface area contributed by atoms with E-state index >= 15 is 0 Å². The topological polar surface area (TPSA) is 64.6 Å². The maximum Gasteiger partial charge on any atom is 0.335 e. The molecule has 1 saturated heterocycles. The van der Waals surface area contributed by atoms with Crippen LogP contribution in [0, 0.1) is 5.82 Å². The van der Waals surface area contributed by atoms with Crippen LogP contribution in [-0.2, 0) is 19.1 Å². The lowest BCUT2D eigenvalue weighted by Gasteiger charge is -2.10. The highest BCUT2D eigenvalue weighted by Crippen LogP contribution is 2.19. The number of halogens is 2. The molecule has 1 aromatic carbocycles. The van der Waals surface area contributed by atoms with Gasteiger partial charge in [-0.15, -0.1) is 0 Å². The Morgan fingerprint density at radius 3 is 3.00 bits per heavy atom. The molecule has 0 bridgehead atoms. The van der Waals surface area contributed by atoms with Crippen LogP contribution < -0.4 is 5.32 Å². The first-order valence-corrected chi connectivity index (χ1v) is 6.47. The minimum Gasteiger partial charge on any atom is -0.454 e. The summed E-state index contributed by atoms with van der Waals surface area (Å²) in [6.07, 6.45) is 0.772. The molecule has 2 rings (SSSR count). The number of rotatable bonds is 4. The Bertz CT molecular complexity index is 517. The Kier molecular flexibility index (Phi) is 4.92. The van der Waals surface area contributed by atoms with Crippen LogP contribution in [0.25, 0.3) is 0 Å². The molecular formula is C13H13ClFNO4. The normalized spacial score (nSPS) is 17.8. The van der Waals surface area contributed by atoms with E-state index in [9.17, 15) is 14.0 Å². The van der Waals surface area contributed by atoms with Gasteiger partial charge < -0.3 is 14.8 Å². The summed E-state index contributed by atoms with van der Waals surface area (Å²) in [7, 11) is 0. The smallest absolute Gasteiger partial charge is 0.335 e.